The summed E-state index contributed by atoms with van der Waals surface area (Å²) in [4.78, 5) is 2.18. The van der Waals surface area contributed by atoms with Crippen LogP contribution in [0.3, 0.4) is 0 Å². The number of hydrogen-bond acceptors (Lipinski definition) is 5. The number of fused-ring (bicyclic) bond motifs is 3. The highest BCUT2D eigenvalue weighted by Crippen LogP contribution is 2.40. The number of hydrogen-bond donors (Lipinski definition) is 1. The van der Waals surface area contributed by atoms with Crippen molar-refractivity contribution in [3.63, 3.8) is 0 Å². The minimum atomic E-state index is -4.34. The van der Waals surface area contributed by atoms with Crippen molar-refractivity contribution in [2.75, 3.05) is 19.1 Å². The molecule has 246 valence electrons. The van der Waals surface area contributed by atoms with Crippen LogP contribution in [0.2, 0.25) is 0 Å². The highest BCUT2D eigenvalue weighted by Gasteiger charge is 2.26. The molecule has 1 heterocycles. The molecule has 1 N–H and O–H groups in total. The largest absolute Gasteiger partial charge is 0.497 e. The zero-order valence-electron chi connectivity index (χ0n) is 27.2. The summed E-state index contributed by atoms with van der Waals surface area (Å²) in [7, 11) is -1.02. The van der Waals surface area contributed by atoms with Crippen molar-refractivity contribution in [1.82, 2.24) is 4.57 Å². The van der Waals surface area contributed by atoms with Crippen LogP contribution in [0.5, 0.6) is 11.5 Å². The summed E-state index contributed by atoms with van der Waals surface area (Å²) >= 11 is 0. The van der Waals surface area contributed by atoms with Crippen LogP contribution in [0.15, 0.2) is 146 Å². The Balaban J connectivity index is 1.31. The van der Waals surface area contributed by atoms with E-state index < -0.39 is 15.4 Å². The average Bonchev–Trinajstić information content (AvgIpc) is 3.46. The van der Waals surface area contributed by atoms with Gasteiger partial charge in [-0.1, -0.05) is 78.9 Å². The fraction of sp³-hybridized carbons (Fsp3) is 0.122. The average molecular weight is 669 g/mol. The van der Waals surface area contributed by atoms with Gasteiger partial charge in [0, 0.05) is 45.5 Å². The minimum absolute atomic E-state index is 0.211. The maximum atomic E-state index is 12.6. The van der Waals surface area contributed by atoms with E-state index in [1.807, 2.05) is 66.7 Å². The van der Waals surface area contributed by atoms with Crippen LogP contribution in [-0.4, -0.2) is 31.8 Å². The van der Waals surface area contributed by atoms with Crippen molar-refractivity contribution in [3.05, 3.63) is 151 Å². The predicted octanol–water partition coefficient (Wildman–Crippen LogP) is 9.97. The van der Waals surface area contributed by atoms with E-state index in [9.17, 15) is 13.0 Å². The summed E-state index contributed by atoms with van der Waals surface area (Å²) < 4.78 is 48.5. The first-order valence-electron chi connectivity index (χ1n) is 16.1. The van der Waals surface area contributed by atoms with Crippen molar-refractivity contribution in [1.29, 1.82) is 0 Å². The summed E-state index contributed by atoms with van der Waals surface area (Å²) in [5, 5.41) is 1.13. The van der Waals surface area contributed by atoms with Gasteiger partial charge in [-0.05, 0) is 84.3 Å². The number of anilines is 3. The van der Waals surface area contributed by atoms with Gasteiger partial charge in [-0.3, -0.25) is 4.55 Å². The summed E-state index contributed by atoms with van der Waals surface area (Å²) in [5.74, 6) is 1.56. The maximum Gasteiger partial charge on any atom is 0.272 e. The van der Waals surface area contributed by atoms with E-state index in [0.717, 1.165) is 61.5 Å². The Bertz CT molecular complexity index is 2270. The molecule has 0 saturated heterocycles. The second-order valence-electron chi connectivity index (χ2n) is 11.9. The van der Waals surface area contributed by atoms with Gasteiger partial charge in [0.05, 0.1) is 19.7 Å². The van der Waals surface area contributed by atoms with Gasteiger partial charge >= 0.3 is 0 Å². The molecule has 0 amide bonds. The maximum absolute atomic E-state index is 12.6. The van der Waals surface area contributed by atoms with E-state index in [1.165, 1.54) is 0 Å². The predicted molar refractivity (Wildman–Crippen MR) is 198 cm³/mol. The Hall–Kier alpha value is -5.57. The van der Waals surface area contributed by atoms with E-state index in [-0.39, 0.29) is 6.42 Å². The standard InChI is InChI=1S/C41H36N2O5S/c1-47-34-23-19-32(20-24-34)43(33-21-25-35(48-2)26-22-33)31-17-15-29(16-18-31)36-12-8-13-38-37-11-6-7-14-39(37)42(41(36)38)28-27-40(49(44,45)46)30-9-4-3-5-10-30/h3-26,40H,27-28H2,1-2H3,(H,44,45,46). The van der Waals surface area contributed by atoms with E-state index in [4.69, 9.17) is 9.47 Å². The van der Waals surface area contributed by atoms with Crippen LogP contribution >= 0.6 is 0 Å². The van der Waals surface area contributed by atoms with Crippen LogP contribution in [-0.2, 0) is 16.7 Å². The van der Waals surface area contributed by atoms with Crippen LogP contribution in [0.4, 0.5) is 17.1 Å². The molecule has 0 spiro atoms. The van der Waals surface area contributed by atoms with Crippen LogP contribution in [0.1, 0.15) is 17.2 Å². The summed E-state index contributed by atoms with van der Waals surface area (Å²) in [5.41, 5.74) is 7.58. The Labute approximate surface area is 286 Å². The fourth-order valence-corrected chi connectivity index (χ4v) is 7.58. The zero-order chi connectivity index (χ0) is 34.0. The molecule has 0 aliphatic carbocycles. The van der Waals surface area contributed by atoms with Crippen molar-refractivity contribution in [2.24, 2.45) is 0 Å². The molecule has 1 atom stereocenters. The molecule has 0 aliphatic heterocycles. The van der Waals surface area contributed by atoms with Crippen LogP contribution < -0.4 is 14.4 Å². The van der Waals surface area contributed by atoms with E-state index in [1.54, 1.807) is 38.5 Å². The molecule has 0 saturated carbocycles. The summed E-state index contributed by atoms with van der Waals surface area (Å²) in [6.07, 6.45) is 0.211. The van der Waals surface area contributed by atoms with Gasteiger partial charge in [-0.2, -0.15) is 8.42 Å². The normalized spacial score (nSPS) is 12.2. The molecule has 7 rings (SSSR count). The number of methoxy groups -OCH3 is 2. The van der Waals surface area contributed by atoms with Gasteiger partial charge in [-0.15, -0.1) is 0 Å². The Morgan fingerprint density at radius 1 is 0.633 bits per heavy atom. The molecule has 49 heavy (non-hydrogen) atoms. The first-order valence-corrected chi connectivity index (χ1v) is 17.6. The molecule has 6 aromatic carbocycles. The second-order valence-corrected chi connectivity index (χ2v) is 13.5. The fourth-order valence-electron chi connectivity index (χ4n) is 6.68. The summed E-state index contributed by atoms with van der Waals surface area (Å²) in [6.45, 7) is 0.390. The third kappa shape index (κ3) is 6.36. The molecule has 0 fully saturated rings. The number of ether oxygens (including phenoxy) is 2. The Morgan fingerprint density at radius 3 is 1.73 bits per heavy atom. The van der Waals surface area contributed by atoms with Crippen LogP contribution in [0, 0.1) is 0 Å². The minimum Gasteiger partial charge on any atom is -0.497 e. The highest BCUT2D eigenvalue weighted by atomic mass is 32.2. The number of aryl methyl sites for hydroxylation is 1. The van der Waals surface area contributed by atoms with Crippen molar-refractivity contribution in [2.45, 2.75) is 18.2 Å². The molecule has 7 nitrogen and oxygen atoms in total. The lowest BCUT2D eigenvalue weighted by Crippen LogP contribution is -2.15. The number of rotatable bonds is 11. The Morgan fingerprint density at radius 2 is 1.16 bits per heavy atom. The molecule has 1 unspecified atom stereocenters. The molecule has 8 heteroatoms. The molecular weight excluding hydrogens is 633 g/mol. The van der Waals surface area contributed by atoms with Gasteiger partial charge < -0.3 is 18.9 Å². The van der Waals surface area contributed by atoms with Gasteiger partial charge in [0.2, 0.25) is 0 Å². The quantitative estimate of drug-likeness (QED) is 0.138. The number of benzene rings is 6. The molecule has 1 aromatic heterocycles. The molecule has 0 bridgehead atoms. The lowest BCUT2D eigenvalue weighted by molar-refractivity contribution is 0.415. The van der Waals surface area contributed by atoms with Crippen molar-refractivity contribution in [3.8, 4) is 22.6 Å². The third-order valence-corrected chi connectivity index (χ3v) is 10.3. The zero-order valence-corrected chi connectivity index (χ0v) is 28.0. The lowest BCUT2D eigenvalue weighted by Gasteiger charge is -2.26. The van der Waals surface area contributed by atoms with Gasteiger partial charge in [-0.25, -0.2) is 0 Å². The van der Waals surface area contributed by atoms with Crippen LogP contribution in [0.25, 0.3) is 32.9 Å². The van der Waals surface area contributed by atoms with Crippen molar-refractivity contribution < 1.29 is 22.4 Å². The molecule has 7 aromatic rings. The lowest BCUT2D eigenvalue weighted by atomic mass is 10.0. The number of aromatic nitrogens is 1. The van der Waals surface area contributed by atoms with E-state index in [2.05, 4.69) is 64.1 Å². The Kier molecular flexibility index (Phi) is 8.82. The van der Waals surface area contributed by atoms with E-state index in [0.29, 0.717) is 12.1 Å². The van der Waals surface area contributed by atoms with Gasteiger partial charge in [0.15, 0.2) is 0 Å². The highest BCUT2D eigenvalue weighted by molar-refractivity contribution is 7.86. The summed E-state index contributed by atoms with van der Waals surface area (Å²) in [6, 6.07) is 47.8. The molecule has 0 aliphatic rings. The van der Waals surface area contributed by atoms with Crippen molar-refractivity contribution >= 4 is 49.0 Å². The third-order valence-electron chi connectivity index (χ3n) is 9.03. The molecule has 0 radical (unpaired) electrons. The number of para-hydroxylation sites is 2. The molecular formula is C41H36N2O5S. The first kappa shape index (κ1) is 32.0. The van der Waals surface area contributed by atoms with E-state index >= 15 is 0 Å². The SMILES string of the molecule is COc1ccc(N(c2ccc(OC)cc2)c2ccc(-c3cccc4c5ccccc5n(CCC(c5ccccc5)S(=O)(=O)O)c34)cc2)cc1. The number of nitrogens with zero attached hydrogens (tertiary/aromatic N) is 2. The second kappa shape index (κ2) is 13.5. The monoisotopic (exact) mass is 668 g/mol. The smallest absolute Gasteiger partial charge is 0.272 e. The first-order chi connectivity index (χ1) is 23.9. The topological polar surface area (TPSA) is 81.0 Å². The van der Waals surface area contributed by atoms with Gasteiger partial charge in [0.25, 0.3) is 10.1 Å². The van der Waals surface area contributed by atoms with Gasteiger partial charge in [0.1, 0.15) is 16.7 Å².